The molecule has 5 heteroatoms. The van der Waals surface area contributed by atoms with Crippen molar-refractivity contribution in [2.24, 2.45) is 0 Å². The Kier molecular flexibility index (Phi) is 6.39. The maximum absolute atomic E-state index is 11.1. The van der Waals surface area contributed by atoms with Crippen molar-refractivity contribution in [1.82, 2.24) is 10.6 Å². The smallest absolute Gasteiger partial charge is 0.309 e. The van der Waals surface area contributed by atoms with Crippen LogP contribution in [0.4, 0.5) is 0 Å². The zero-order valence-corrected chi connectivity index (χ0v) is 8.25. The molecule has 0 aliphatic rings. The summed E-state index contributed by atoms with van der Waals surface area (Å²) in [5, 5.41) is 13.5. The number of aliphatic hydroxyl groups excluding tert-OH is 1. The van der Waals surface area contributed by atoms with Crippen LogP contribution in [-0.2, 0) is 9.59 Å². The lowest BCUT2D eigenvalue weighted by molar-refractivity contribution is -0.139. The SMILES string of the molecule is C=CCNC(=O)C(=O)N[C@H](CC)CO. The van der Waals surface area contributed by atoms with E-state index in [1.54, 1.807) is 0 Å². The maximum Gasteiger partial charge on any atom is 0.309 e. The van der Waals surface area contributed by atoms with Gasteiger partial charge in [-0.25, -0.2) is 0 Å². The van der Waals surface area contributed by atoms with E-state index in [9.17, 15) is 9.59 Å². The van der Waals surface area contributed by atoms with Crippen LogP contribution >= 0.6 is 0 Å². The molecule has 0 bridgehead atoms. The van der Waals surface area contributed by atoms with Crippen molar-refractivity contribution in [1.29, 1.82) is 0 Å². The van der Waals surface area contributed by atoms with Crippen LogP contribution in [0.25, 0.3) is 0 Å². The molecule has 1 atom stereocenters. The minimum atomic E-state index is -0.729. The zero-order valence-electron chi connectivity index (χ0n) is 8.25. The van der Waals surface area contributed by atoms with Gasteiger partial charge >= 0.3 is 11.8 Å². The molecule has 0 spiro atoms. The zero-order chi connectivity index (χ0) is 11.0. The van der Waals surface area contributed by atoms with E-state index in [0.717, 1.165) is 0 Å². The number of hydrogen-bond acceptors (Lipinski definition) is 3. The minimum absolute atomic E-state index is 0.170. The number of amides is 2. The number of carbonyl (C=O) groups is 2. The van der Waals surface area contributed by atoms with E-state index in [1.807, 2.05) is 6.92 Å². The molecule has 0 unspecified atom stereocenters. The Morgan fingerprint density at radius 2 is 2.14 bits per heavy atom. The topological polar surface area (TPSA) is 78.4 Å². The predicted octanol–water partition coefficient (Wildman–Crippen LogP) is -0.824. The van der Waals surface area contributed by atoms with Gasteiger partial charge in [0.05, 0.1) is 12.6 Å². The average Bonchev–Trinajstić information content (AvgIpc) is 2.21. The number of hydrogen-bond donors (Lipinski definition) is 3. The number of nitrogens with one attached hydrogen (secondary N) is 2. The fourth-order valence-electron chi connectivity index (χ4n) is 0.773. The van der Waals surface area contributed by atoms with Gasteiger partial charge in [0.1, 0.15) is 0 Å². The second kappa shape index (κ2) is 7.08. The fraction of sp³-hybridized carbons (Fsp3) is 0.556. The second-order valence-corrected chi connectivity index (χ2v) is 2.76. The summed E-state index contributed by atoms with van der Waals surface area (Å²) in [6, 6.07) is -0.364. The average molecular weight is 200 g/mol. The van der Waals surface area contributed by atoms with Crippen molar-refractivity contribution >= 4 is 11.8 Å². The van der Waals surface area contributed by atoms with E-state index in [0.29, 0.717) is 6.42 Å². The van der Waals surface area contributed by atoms with E-state index in [-0.39, 0.29) is 19.2 Å². The van der Waals surface area contributed by atoms with Gasteiger partial charge in [-0.3, -0.25) is 9.59 Å². The highest BCUT2D eigenvalue weighted by Gasteiger charge is 2.15. The van der Waals surface area contributed by atoms with Crippen LogP contribution < -0.4 is 10.6 Å². The van der Waals surface area contributed by atoms with Gasteiger partial charge in [-0.15, -0.1) is 6.58 Å². The van der Waals surface area contributed by atoms with Crippen LogP contribution in [0.15, 0.2) is 12.7 Å². The van der Waals surface area contributed by atoms with Crippen LogP contribution in [-0.4, -0.2) is 36.1 Å². The number of rotatable bonds is 5. The van der Waals surface area contributed by atoms with Gasteiger partial charge < -0.3 is 15.7 Å². The van der Waals surface area contributed by atoms with Crippen molar-refractivity contribution in [3.05, 3.63) is 12.7 Å². The minimum Gasteiger partial charge on any atom is -0.394 e. The molecule has 5 nitrogen and oxygen atoms in total. The van der Waals surface area contributed by atoms with E-state index in [4.69, 9.17) is 5.11 Å². The largest absolute Gasteiger partial charge is 0.394 e. The number of aliphatic hydroxyl groups is 1. The van der Waals surface area contributed by atoms with Gasteiger partial charge in [0.2, 0.25) is 0 Å². The number of carbonyl (C=O) groups excluding carboxylic acids is 2. The summed E-state index contributed by atoms with van der Waals surface area (Å²) in [6.07, 6.45) is 2.06. The molecule has 0 aliphatic carbocycles. The molecule has 0 aromatic carbocycles. The van der Waals surface area contributed by atoms with Gasteiger partial charge in [-0.1, -0.05) is 13.0 Å². The van der Waals surface area contributed by atoms with Gasteiger partial charge in [0, 0.05) is 6.54 Å². The van der Waals surface area contributed by atoms with Crippen LogP contribution in [0.2, 0.25) is 0 Å². The van der Waals surface area contributed by atoms with Crippen LogP contribution in [0, 0.1) is 0 Å². The summed E-state index contributed by atoms with van der Waals surface area (Å²) in [5.74, 6) is -1.44. The predicted molar refractivity (Wildman–Crippen MR) is 52.5 cm³/mol. The van der Waals surface area contributed by atoms with E-state index in [2.05, 4.69) is 17.2 Å². The lowest BCUT2D eigenvalue weighted by Gasteiger charge is -2.12. The Balaban J connectivity index is 3.93. The summed E-state index contributed by atoms with van der Waals surface area (Å²) in [7, 11) is 0. The molecule has 0 saturated heterocycles. The first-order chi connectivity index (χ1) is 6.65. The molecule has 0 aromatic rings. The Morgan fingerprint density at radius 3 is 2.57 bits per heavy atom. The summed E-state index contributed by atoms with van der Waals surface area (Å²) in [4.78, 5) is 22.1. The molecular weight excluding hydrogens is 184 g/mol. The molecular formula is C9H16N2O3. The molecule has 80 valence electrons. The highest BCUT2D eigenvalue weighted by Crippen LogP contribution is 1.88. The molecule has 0 radical (unpaired) electrons. The molecule has 0 rings (SSSR count). The van der Waals surface area contributed by atoms with Crippen molar-refractivity contribution in [2.75, 3.05) is 13.2 Å². The third-order valence-electron chi connectivity index (χ3n) is 1.66. The first-order valence-corrected chi connectivity index (χ1v) is 4.46. The summed E-state index contributed by atoms with van der Waals surface area (Å²) < 4.78 is 0. The van der Waals surface area contributed by atoms with Gasteiger partial charge in [-0.05, 0) is 6.42 Å². The van der Waals surface area contributed by atoms with Crippen molar-refractivity contribution < 1.29 is 14.7 Å². The monoisotopic (exact) mass is 200 g/mol. The van der Waals surface area contributed by atoms with Crippen molar-refractivity contribution in [2.45, 2.75) is 19.4 Å². The van der Waals surface area contributed by atoms with Gasteiger partial charge in [-0.2, -0.15) is 0 Å². The standard InChI is InChI=1S/C9H16N2O3/c1-3-5-10-8(13)9(14)11-7(4-2)6-12/h3,7,12H,1,4-6H2,2H3,(H,10,13)(H,11,14)/t7-/m1/s1. The summed E-state index contributed by atoms with van der Waals surface area (Å²) in [6.45, 7) is 5.29. The molecule has 0 aromatic heterocycles. The summed E-state index contributed by atoms with van der Waals surface area (Å²) in [5.41, 5.74) is 0. The Morgan fingerprint density at radius 1 is 1.50 bits per heavy atom. The van der Waals surface area contributed by atoms with E-state index < -0.39 is 11.8 Å². The van der Waals surface area contributed by atoms with Crippen LogP contribution in [0.1, 0.15) is 13.3 Å². The van der Waals surface area contributed by atoms with E-state index >= 15 is 0 Å². The highest BCUT2D eigenvalue weighted by atomic mass is 16.3. The van der Waals surface area contributed by atoms with Crippen LogP contribution in [0.5, 0.6) is 0 Å². The quantitative estimate of drug-likeness (QED) is 0.400. The lowest BCUT2D eigenvalue weighted by Crippen LogP contribution is -2.45. The Hall–Kier alpha value is -1.36. The Labute approximate surface area is 83.2 Å². The summed E-state index contributed by atoms with van der Waals surface area (Å²) >= 11 is 0. The molecule has 0 heterocycles. The maximum atomic E-state index is 11.1. The Bertz CT molecular complexity index is 212. The molecule has 0 fully saturated rings. The first-order valence-electron chi connectivity index (χ1n) is 4.46. The third kappa shape index (κ3) is 4.61. The molecule has 3 N–H and O–H groups in total. The first kappa shape index (κ1) is 12.6. The fourth-order valence-corrected chi connectivity index (χ4v) is 0.773. The van der Waals surface area contributed by atoms with Gasteiger partial charge in [0.15, 0.2) is 0 Å². The van der Waals surface area contributed by atoms with Crippen molar-refractivity contribution in [3.8, 4) is 0 Å². The highest BCUT2D eigenvalue weighted by molar-refractivity contribution is 6.35. The van der Waals surface area contributed by atoms with Crippen molar-refractivity contribution in [3.63, 3.8) is 0 Å². The molecule has 2 amide bonds. The molecule has 14 heavy (non-hydrogen) atoms. The van der Waals surface area contributed by atoms with Gasteiger partial charge in [0.25, 0.3) is 0 Å². The third-order valence-corrected chi connectivity index (χ3v) is 1.66. The normalized spacial score (nSPS) is 11.6. The lowest BCUT2D eigenvalue weighted by atomic mass is 10.2. The molecule has 0 saturated carbocycles. The second-order valence-electron chi connectivity index (χ2n) is 2.76. The van der Waals surface area contributed by atoms with E-state index in [1.165, 1.54) is 6.08 Å². The molecule has 0 aliphatic heterocycles. The van der Waals surface area contributed by atoms with Crippen LogP contribution in [0.3, 0.4) is 0 Å².